The van der Waals surface area contributed by atoms with Crippen molar-refractivity contribution in [2.24, 2.45) is 28.6 Å². The van der Waals surface area contributed by atoms with Crippen LogP contribution >= 0.6 is 12.6 Å². The summed E-state index contributed by atoms with van der Waals surface area (Å²) in [5.74, 6) is 1.94. The first-order chi connectivity index (χ1) is 10.8. The molecule has 4 aliphatic rings. The molecule has 4 heteroatoms. The second-order valence-corrected chi connectivity index (χ2v) is 9.20. The van der Waals surface area contributed by atoms with Gasteiger partial charge in [0.1, 0.15) is 0 Å². The summed E-state index contributed by atoms with van der Waals surface area (Å²) in [4.78, 5) is 23.9. The van der Waals surface area contributed by atoms with Crippen LogP contribution in [0.1, 0.15) is 58.8 Å². The van der Waals surface area contributed by atoms with Crippen LogP contribution in [0, 0.1) is 28.6 Å². The lowest BCUT2D eigenvalue weighted by Gasteiger charge is -2.58. The first kappa shape index (κ1) is 15.7. The zero-order valence-electron chi connectivity index (χ0n) is 14.1. The van der Waals surface area contributed by atoms with Crippen LogP contribution in [0.5, 0.6) is 0 Å². The molecule has 1 amide bonds. The molecule has 3 aliphatic carbocycles. The minimum atomic E-state index is -0.397. The van der Waals surface area contributed by atoms with Gasteiger partial charge in [0.25, 0.3) is 5.91 Å². The second-order valence-electron chi connectivity index (χ2n) is 8.79. The summed E-state index contributed by atoms with van der Waals surface area (Å²) in [6.07, 6.45) is 10.9. The smallest absolute Gasteiger partial charge is 0.255 e. The van der Waals surface area contributed by atoms with E-state index in [1.165, 1.54) is 38.5 Å². The van der Waals surface area contributed by atoms with E-state index >= 15 is 0 Å². The van der Waals surface area contributed by atoms with Gasteiger partial charge in [0.15, 0.2) is 0 Å². The van der Waals surface area contributed by atoms with Crippen LogP contribution in [0.4, 0.5) is 0 Å². The van der Waals surface area contributed by atoms with Crippen molar-refractivity contribution >= 4 is 23.7 Å². The molecule has 6 atom stereocenters. The lowest BCUT2D eigenvalue weighted by atomic mass is 9.48. The molecular formula is C19H27NO2S. The van der Waals surface area contributed by atoms with E-state index in [1.807, 2.05) is 6.08 Å². The molecule has 3 nitrogen and oxygen atoms in total. The molecule has 1 aliphatic heterocycles. The van der Waals surface area contributed by atoms with Gasteiger partial charge in [-0.05, 0) is 61.7 Å². The highest BCUT2D eigenvalue weighted by atomic mass is 32.1. The number of hydrogen-bond acceptors (Lipinski definition) is 2. The third-order valence-electron chi connectivity index (χ3n) is 7.79. The van der Waals surface area contributed by atoms with E-state index < -0.39 is 5.12 Å². The standard InChI is InChI=1S/C19H27NO2S/c1-18-8-3-4-13(18)11-5-6-15-19(2,14(11)7-9-18)10-12(17(22)23)16(21)20-15/h10-11,13-15H,3-9H2,1-2H3,(H,20,21)(H,22,23)/t11-,13-,14+,15?,18-,19+/m0/s1. The zero-order valence-corrected chi connectivity index (χ0v) is 15.0. The topological polar surface area (TPSA) is 46.2 Å². The van der Waals surface area contributed by atoms with Crippen LogP contribution in [0.3, 0.4) is 0 Å². The maximum absolute atomic E-state index is 12.2. The monoisotopic (exact) mass is 333 g/mol. The van der Waals surface area contributed by atoms with E-state index in [9.17, 15) is 9.59 Å². The number of rotatable bonds is 1. The van der Waals surface area contributed by atoms with Gasteiger partial charge >= 0.3 is 0 Å². The molecule has 0 aromatic heterocycles. The third-order valence-corrected chi connectivity index (χ3v) is 8.03. The predicted octanol–water partition coefficient (Wildman–Crippen LogP) is 3.50. The third kappa shape index (κ3) is 2.16. The van der Waals surface area contributed by atoms with Gasteiger partial charge in [-0.25, -0.2) is 0 Å². The Labute approximate surface area is 144 Å². The maximum Gasteiger partial charge on any atom is 0.255 e. The minimum Gasteiger partial charge on any atom is -0.348 e. The molecule has 126 valence electrons. The van der Waals surface area contributed by atoms with Crippen LogP contribution in [0.25, 0.3) is 0 Å². The predicted molar refractivity (Wildman–Crippen MR) is 93.0 cm³/mol. The van der Waals surface area contributed by atoms with Crippen molar-refractivity contribution in [3.63, 3.8) is 0 Å². The largest absolute Gasteiger partial charge is 0.348 e. The van der Waals surface area contributed by atoms with E-state index in [2.05, 4.69) is 31.8 Å². The fraction of sp³-hybridized carbons (Fsp3) is 0.789. The fourth-order valence-corrected chi connectivity index (χ4v) is 6.76. The summed E-state index contributed by atoms with van der Waals surface area (Å²) in [7, 11) is 0. The SMILES string of the molecule is C[C@@]12CCC[C@H]1[C@@H]1CCC3NC(=O)C(C(=O)S)=C[C@]3(C)[C@@H]1CC2. The summed E-state index contributed by atoms with van der Waals surface area (Å²) in [5.41, 5.74) is 0.704. The number of hydrogen-bond donors (Lipinski definition) is 2. The van der Waals surface area contributed by atoms with Gasteiger partial charge in [0.05, 0.1) is 5.57 Å². The number of thiol groups is 1. The average molecular weight is 333 g/mol. The van der Waals surface area contributed by atoms with E-state index in [4.69, 9.17) is 0 Å². The number of carbonyl (C=O) groups is 2. The lowest BCUT2D eigenvalue weighted by molar-refractivity contribution is -0.125. The van der Waals surface area contributed by atoms with Gasteiger partial charge < -0.3 is 5.32 Å². The Morgan fingerprint density at radius 3 is 2.70 bits per heavy atom. The summed E-state index contributed by atoms with van der Waals surface area (Å²) in [6, 6.07) is 0.179. The fourth-order valence-electron chi connectivity index (χ4n) is 6.59. The van der Waals surface area contributed by atoms with Crippen molar-refractivity contribution in [1.29, 1.82) is 0 Å². The van der Waals surface area contributed by atoms with Gasteiger partial charge in [-0.2, -0.15) is 0 Å². The Bertz CT molecular complexity index is 600. The Hall–Kier alpha value is -0.770. The first-order valence-electron chi connectivity index (χ1n) is 9.12. The van der Waals surface area contributed by atoms with Gasteiger partial charge in [0, 0.05) is 11.5 Å². The Balaban J connectivity index is 1.73. The summed E-state index contributed by atoms with van der Waals surface area (Å²) in [6.45, 7) is 4.76. The second kappa shape index (κ2) is 5.11. The number of carbonyl (C=O) groups excluding carboxylic acids is 2. The molecule has 0 saturated heterocycles. The molecule has 1 heterocycles. The van der Waals surface area contributed by atoms with E-state index in [-0.39, 0.29) is 22.9 Å². The van der Waals surface area contributed by atoms with E-state index in [0.717, 1.165) is 18.3 Å². The van der Waals surface area contributed by atoms with Crippen molar-refractivity contribution in [1.82, 2.24) is 5.32 Å². The van der Waals surface area contributed by atoms with Crippen molar-refractivity contribution < 1.29 is 9.59 Å². The Kier molecular flexibility index (Phi) is 3.50. The maximum atomic E-state index is 12.2. The van der Waals surface area contributed by atoms with Crippen LogP contribution < -0.4 is 5.32 Å². The highest BCUT2D eigenvalue weighted by molar-refractivity contribution is 7.97. The summed E-state index contributed by atoms with van der Waals surface area (Å²) in [5, 5.41) is 2.72. The quantitative estimate of drug-likeness (QED) is 0.570. The average Bonchev–Trinajstić information content (AvgIpc) is 2.89. The number of fused-ring (bicyclic) bond motifs is 5. The molecule has 1 unspecified atom stereocenters. The Morgan fingerprint density at radius 1 is 1.17 bits per heavy atom. The molecule has 23 heavy (non-hydrogen) atoms. The van der Waals surface area contributed by atoms with E-state index in [0.29, 0.717) is 11.3 Å². The van der Waals surface area contributed by atoms with Crippen LogP contribution in [-0.2, 0) is 9.59 Å². The molecule has 0 spiro atoms. The van der Waals surface area contributed by atoms with Crippen molar-refractivity contribution in [2.75, 3.05) is 0 Å². The van der Waals surface area contributed by atoms with Gasteiger partial charge in [-0.1, -0.05) is 26.3 Å². The lowest BCUT2D eigenvalue weighted by Crippen LogP contribution is -2.60. The van der Waals surface area contributed by atoms with Crippen molar-refractivity contribution in [2.45, 2.75) is 64.8 Å². The van der Waals surface area contributed by atoms with Gasteiger partial charge in [-0.3, -0.25) is 9.59 Å². The van der Waals surface area contributed by atoms with Crippen LogP contribution in [-0.4, -0.2) is 17.1 Å². The molecule has 0 bridgehead atoms. The van der Waals surface area contributed by atoms with Crippen LogP contribution in [0.15, 0.2) is 11.6 Å². The molecule has 1 N–H and O–H groups in total. The molecule has 0 aromatic carbocycles. The molecule has 0 aromatic rings. The highest BCUT2D eigenvalue weighted by Gasteiger charge is 2.57. The molecule has 4 rings (SSSR count). The normalized spacial score (nSPS) is 48.7. The molecule has 0 radical (unpaired) electrons. The molecular weight excluding hydrogens is 306 g/mol. The van der Waals surface area contributed by atoms with Gasteiger partial charge in [0.2, 0.25) is 5.12 Å². The summed E-state index contributed by atoms with van der Waals surface area (Å²) >= 11 is 3.92. The van der Waals surface area contributed by atoms with E-state index in [1.54, 1.807) is 0 Å². The number of nitrogens with one attached hydrogen (secondary N) is 1. The zero-order chi connectivity index (χ0) is 16.4. The minimum absolute atomic E-state index is 0.0888. The van der Waals surface area contributed by atoms with Crippen LogP contribution in [0.2, 0.25) is 0 Å². The highest BCUT2D eigenvalue weighted by Crippen LogP contribution is 2.63. The summed E-state index contributed by atoms with van der Waals surface area (Å²) < 4.78 is 0. The molecule has 3 fully saturated rings. The first-order valence-corrected chi connectivity index (χ1v) is 9.57. The Morgan fingerprint density at radius 2 is 1.96 bits per heavy atom. The molecule has 3 saturated carbocycles. The van der Waals surface area contributed by atoms with Gasteiger partial charge in [-0.15, -0.1) is 12.6 Å². The number of amides is 1. The van der Waals surface area contributed by atoms with Crippen molar-refractivity contribution in [3.8, 4) is 0 Å². The van der Waals surface area contributed by atoms with Crippen molar-refractivity contribution in [3.05, 3.63) is 11.6 Å².